The standard InChI is InChI=1S/C14H11Br.C13H22P.C7H5BrO.BrH/c15-14-10-8-13(9-11-14)7-6-12-4-2-1-3-5-12;1-4-14(5-2,6-3)12-13-10-8-7-9-11-13;8-7-3-1-6(5-9)2-4-7;/h1-11H;7-11H,4-6,12H2,1-3H3;1-5H;1H/q;+1;;/p-1/b7-6+;;;. The van der Waals surface area contributed by atoms with Crippen molar-refractivity contribution in [1.29, 1.82) is 0 Å². The van der Waals surface area contributed by atoms with Gasteiger partial charge in [-0.1, -0.05) is 129 Å². The molecular formula is C34H38Br3OP. The van der Waals surface area contributed by atoms with Crippen molar-refractivity contribution >= 4 is 57.6 Å². The fourth-order valence-corrected chi connectivity index (χ4v) is 7.38. The Morgan fingerprint density at radius 2 is 0.949 bits per heavy atom. The minimum absolute atomic E-state index is 0. The molecule has 0 amide bonds. The molecule has 0 heterocycles. The van der Waals surface area contributed by atoms with E-state index in [1.165, 1.54) is 41.3 Å². The summed E-state index contributed by atoms with van der Waals surface area (Å²) in [5.74, 6) is 0. The third kappa shape index (κ3) is 13.9. The Bertz CT molecular complexity index is 1200. The number of carbonyl (C=O) groups excluding carboxylic acids is 1. The molecule has 39 heavy (non-hydrogen) atoms. The van der Waals surface area contributed by atoms with Gasteiger partial charge < -0.3 is 17.0 Å². The van der Waals surface area contributed by atoms with Crippen LogP contribution in [0.15, 0.2) is 118 Å². The summed E-state index contributed by atoms with van der Waals surface area (Å²) in [6.07, 6.45) is 10.6. The number of aldehydes is 1. The average molecular weight is 733 g/mol. The molecule has 0 N–H and O–H groups in total. The first-order valence-electron chi connectivity index (χ1n) is 13.0. The largest absolute Gasteiger partial charge is 1.00 e. The van der Waals surface area contributed by atoms with Crippen molar-refractivity contribution in [2.45, 2.75) is 26.9 Å². The molecule has 5 heteroatoms. The number of halogens is 3. The summed E-state index contributed by atoms with van der Waals surface area (Å²) >= 11 is 6.68. The minimum atomic E-state index is -0.661. The van der Waals surface area contributed by atoms with Crippen LogP contribution in [0.5, 0.6) is 0 Å². The van der Waals surface area contributed by atoms with Crippen molar-refractivity contribution in [3.8, 4) is 0 Å². The molecule has 0 aliphatic rings. The molecule has 0 spiro atoms. The Hall–Kier alpha value is -1.84. The second-order valence-electron chi connectivity index (χ2n) is 8.90. The first-order chi connectivity index (χ1) is 18.4. The van der Waals surface area contributed by atoms with E-state index >= 15 is 0 Å². The van der Waals surface area contributed by atoms with Gasteiger partial charge >= 0.3 is 0 Å². The van der Waals surface area contributed by atoms with E-state index in [2.05, 4.69) is 119 Å². The smallest absolute Gasteiger partial charge is 0.150 e. The molecule has 0 aliphatic heterocycles. The molecule has 4 aromatic rings. The van der Waals surface area contributed by atoms with Crippen LogP contribution >= 0.6 is 39.1 Å². The van der Waals surface area contributed by atoms with Gasteiger partial charge in [-0.25, -0.2) is 0 Å². The lowest BCUT2D eigenvalue weighted by Gasteiger charge is -2.23. The highest BCUT2D eigenvalue weighted by molar-refractivity contribution is 9.10. The SMILES string of the molecule is Brc1ccc(/C=C/c2ccccc2)cc1.CC[P+](CC)(CC)Cc1ccccc1.O=Cc1ccc(Br)cc1.[Br-]. The van der Waals surface area contributed by atoms with E-state index in [1.807, 2.05) is 42.5 Å². The fourth-order valence-electron chi connectivity index (χ4n) is 3.85. The Kier molecular flexibility index (Phi) is 18.1. The molecule has 0 aromatic heterocycles. The first kappa shape index (κ1) is 35.2. The van der Waals surface area contributed by atoms with Crippen LogP contribution in [0.2, 0.25) is 0 Å². The van der Waals surface area contributed by atoms with Gasteiger partial charge in [-0.2, -0.15) is 0 Å². The second-order valence-corrected chi connectivity index (χ2v) is 15.6. The first-order valence-corrected chi connectivity index (χ1v) is 17.1. The van der Waals surface area contributed by atoms with Gasteiger partial charge in [0, 0.05) is 21.8 Å². The highest BCUT2D eigenvalue weighted by atomic mass is 79.9. The summed E-state index contributed by atoms with van der Waals surface area (Å²) in [5.41, 5.74) is 4.67. The Labute approximate surface area is 263 Å². The molecule has 0 saturated carbocycles. The molecule has 4 rings (SSSR count). The van der Waals surface area contributed by atoms with Crippen LogP contribution in [-0.4, -0.2) is 24.8 Å². The molecule has 0 atom stereocenters. The molecule has 0 fully saturated rings. The van der Waals surface area contributed by atoms with Crippen LogP contribution in [0, 0.1) is 0 Å². The van der Waals surface area contributed by atoms with Crippen molar-refractivity contribution in [2.24, 2.45) is 0 Å². The Morgan fingerprint density at radius 3 is 1.36 bits per heavy atom. The van der Waals surface area contributed by atoms with E-state index < -0.39 is 7.26 Å². The monoisotopic (exact) mass is 730 g/mol. The number of carbonyl (C=O) groups is 1. The third-order valence-electron chi connectivity index (χ3n) is 6.52. The van der Waals surface area contributed by atoms with E-state index in [4.69, 9.17) is 0 Å². The van der Waals surface area contributed by atoms with Crippen LogP contribution in [-0.2, 0) is 6.16 Å². The maximum absolute atomic E-state index is 10.1. The van der Waals surface area contributed by atoms with Gasteiger partial charge in [0.1, 0.15) is 6.29 Å². The van der Waals surface area contributed by atoms with Gasteiger partial charge in [-0.3, -0.25) is 4.79 Å². The lowest BCUT2D eigenvalue weighted by atomic mass is 10.1. The second kappa shape index (κ2) is 20.1. The molecule has 206 valence electrons. The predicted molar refractivity (Wildman–Crippen MR) is 178 cm³/mol. The summed E-state index contributed by atoms with van der Waals surface area (Å²) in [6.45, 7) is 7.09. The van der Waals surface area contributed by atoms with E-state index in [1.54, 1.807) is 12.1 Å². The highest BCUT2D eigenvalue weighted by Crippen LogP contribution is 2.60. The molecule has 1 nitrogen and oxygen atoms in total. The van der Waals surface area contributed by atoms with Gasteiger partial charge in [0.15, 0.2) is 0 Å². The average Bonchev–Trinajstić information content (AvgIpc) is 2.98. The number of hydrogen-bond acceptors (Lipinski definition) is 1. The predicted octanol–water partition coefficient (Wildman–Crippen LogP) is 8.15. The summed E-state index contributed by atoms with van der Waals surface area (Å²) in [7, 11) is -0.661. The molecule has 0 unspecified atom stereocenters. The Balaban J connectivity index is 0.000000298. The van der Waals surface area contributed by atoms with Gasteiger partial charge in [0.05, 0.1) is 24.6 Å². The van der Waals surface area contributed by atoms with Crippen LogP contribution in [0.4, 0.5) is 0 Å². The van der Waals surface area contributed by atoms with Crippen LogP contribution < -0.4 is 17.0 Å². The van der Waals surface area contributed by atoms with E-state index in [9.17, 15) is 4.79 Å². The summed E-state index contributed by atoms with van der Waals surface area (Å²) in [5, 5.41) is 0. The molecule has 0 saturated heterocycles. The van der Waals surface area contributed by atoms with Crippen LogP contribution in [0.1, 0.15) is 47.8 Å². The highest BCUT2D eigenvalue weighted by Gasteiger charge is 2.30. The van der Waals surface area contributed by atoms with Crippen molar-refractivity contribution in [2.75, 3.05) is 18.5 Å². The van der Waals surface area contributed by atoms with Crippen LogP contribution in [0.25, 0.3) is 12.2 Å². The molecule has 0 bridgehead atoms. The summed E-state index contributed by atoms with van der Waals surface area (Å²) in [6, 6.07) is 36.7. The summed E-state index contributed by atoms with van der Waals surface area (Å²) < 4.78 is 2.10. The van der Waals surface area contributed by atoms with E-state index in [-0.39, 0.29) is 17.0 Å². The van der Waals surface area contributed by atoms with Gasteiger partial charge in [0.25, 0.3) is 0 Å². The maximum Gasteiger partial charge on any atom is 0.150 e. The topological polar surface area (TPSA) is 17.1 Å². The van der Waals surface area contributed by atoms with Crippen LogP contribution in [0.3, 0.4) is 0 Å². The van der Waals surface area contributed by atoms with Gasteiger partial charge in [-0.05, 0) is 61.7 Å². The van der Waals surface area contributed by atoms with Gasteiger partial charge in [0.2, 0.25) is 0 Å². The zero-order valence-corrected chi connectivity index (χ0v) is 28.6. The molecular weight excluding hydrogens is 695 g/mol. The lowest BCUT2D eigenvalue weighted by molar-refractivity contribution is -0.0000139. The zero-order chi connectivity index (χ0) is 27.6. The van der Waals surface area contributed by atoms with Crippen molar-refractivity contribution in [1.82, 2.24) is 0 Å². The maximum atomic E-state index is 10.1. The molecule has 4 aromatic carbocycles. The van der Waals surface area contributed by atoms with E-state index in [0.29, 0.717) is 5.56 Å². The van der Waals surface area contributed by atoms with Gasteiger partial charge in [-0.15, -0.1) is 0 Å². The third-order valence-corrected chi connectivity index (χ3v) is 12.6. The lowest BCUT2D eigenvalue weighted by Crippen LogP contribution is -3.00. The summed E-state index contributed by atoms with van der Waals surface area (Å²) in [4.78, 5) is 10.1. The fraction of sp³-hybridized carbons (Fsp3) is 0.206. The number of rotatable bonds is 8. The molecule has 0 aliphatic carbocycles. The van der Waals surface area contributed by atoms with Crippen molar-refractivity contribution < 1.29 is 21.8 Å². The number of benzene rings is 4. The Morgan fingerprint density at radius 1 is 0.564 bits per heavy atom. The van der Waals surface area contributed by atoms with Crippen molar-refractivity contribution in [3.05, 3.63) is 140 Å². The van der Waals surface area contributed by atoms with Crippen molar-refractivity contribution in [3.63, 3.8) is 0 Å². The quantitative estimate of drug-likeness (QED) is 0.102. The normalized spacial score (nSPS) is 10.4. The molecule has 0 radical (unpaired) electrons. The van der Waals surface area contributed by atoms with E-state index in [0.717, 1.165) is 15.2 Å². The zero-order valence-electron chi connectivity index (χ0n) is 22.9. The number of hydrogen-bond donors (Lipinski definition) is 0. The minimum Gasteiger partial charge on any atom is -1.00 e.